The first-order valence-electron chi connectivity index (χ1n) is 3.18. The summed E-state index contributed by atoms with van der Waals surface area (Å²) < 4.78 is 0. The fourth-order valence-electron chi connectivity index (χ4n) is 0.760. The molecular weight excluding hydrogens is 218 g/mol. The van der Waals surface area contributed by atoms with Crippen LogP contribution in [0, 0.1) is 0 Å². The van der Waals surface area contributed by atoms with Crippen LogP contribution in [0.25, 0.3) is 0 Å². The Bertz CT molecular complexity index is 263. The Labute approximate surface area is 87.5 Å². The van der Waals surface area contributed by atoms with Crippen LogP contribution in [0.5, 0.6) is 0 Å². The van der Waals surface area contributed by atoms with Gasteiger partial charge in [-0.2, -0.15) is 0 Å². The lowest BCUT2D eigenvalue weighted by atomic mass is 10.2. The van der Waals surface area contributed by atoms with Gasteiger partial charge in [0.2, 0.25) is 0 Å². The molecule has 2 N–H and O–H groups in total. The third-order valence-electron chi connectivity index (χ3n) is 1.27. The molecule has 0 radical (unpaired) electrons. The normalized spacial score (nSPS) is 12.0. The number of nitrogens with zero attached hydrogens (tertiary/aromatic N) is 1. The van der Waals surface area contributed by atoms with Crippen molar-refractivity contribution in [1.29, 1.82) is 0 Å². The molecular formula is C7H9Cl3N2. The average Bonchev–Trinajstić information content (AvgIpc) is 1.85. The van der Waals surface area contributed by atoms with E-state index in [1.165, 1.54) is 6.20 Å². The second-order valence-electron chi connectivity index (χ2n) is 2.31. The summed E-state index contributed by atoms with van der Waals surface area (Å²) in [7, 11) is 0. The number of halogens is 3. The lowest BCUT2D eigenvalue weighted by Gasteiger charge is -2.05. The highest BCUT2D eigenvalue weighted by Crippen LogP contribution is 2.21. The van der Waals surface area contributed by atoms with E-state index in [1.807, 2.05) is 6.92 Å². The van der Waals surface area contributed by atoms with Crippen LogP contribution in [0.1, 0.15) is 18.7 Å². The van der Waals surface area contributed by atoms with Crippen LogP contribution in [-0.2, 0) is 0 Å². The molecule has 0 fully saturated rings. The van der Waals surface area contributed by atoms with Crippen molar-refractivity contribution in [1.82, 2.24) is 4.98 Å². The summed E-state index contributed by atoms with van der Waals surface area (Å²) in [5.41, 5.74) is 6.25. The molecule has 0 saturated heterocycles. The van der Waals surface area contributed by atoms with Crippen LogP contribution < -0.4 is 5.73 Å². The Morgan fingerprint density at radius 2 is 2.08 bits per heavy atom. The molecule has 1 aromatic heterocycles. The predicted octanol–water partition coefficient (Wildman–Crippen LogP) is 2.83. The van der Waals surface area contributed by atoms with Gasteiger partial charge in [0.1, 0.15) is 0 Å². The molecule has 1 heterocycles. The van der Waals surface area contributed by atoms with Crippen LogP contribution in [0.2, 0.25) is 10.0 Å². The summed E-state index contributed by atoms with van der Waals surface area (Å²) in [4.78, 5) is 3.99. The first kappa shape index (κ1) is 12.0. The SMILES string of the molecule is C[C@@H](N)c1ncc(Cl)cc1Cl.Cl. The van der Waals surface area contributed by atoms with Gasteiger partial charge in [0.15, 0.2) is 0 Å². The van der Waals surface area contributed by atoms with Crippen LogP contribution in [0.15, 0.2) is 12.3 Å². The average molecular weight is 228 g/mol. The van der Waals surface area contributed by atoms with Gasteiger partial charge in [-0.25, -0.2) is 0 Å². The lowest BCUT2D eigenvalue weighted by molar-refractivity contribution is 0.781. The second-order valence-corrected chi connectivity index (χ2v) is 3.15. The maximum Gasteiger partial charge on any atom is 0.0755 e. The number of hydrogen-bond acceptors (Lipinski definition) is 2. The Morgan fingerprint density at radius 1 is 1.50 bits per heavy atom. The smallest absolute Gasteiger partial charge is 0.0755 e. The zero-order valence-electron chi connectivity index (χ0n) is 6.42. The van der Waals surface area contributed by atoms with Gasteiger partial charge in [0.25, 0.3) is 0 Å². The molecule has 2 nitrogen and oxygen atoms in total. The number of hydrogen-bond donors (Lipinski definition) is 1. The van der Waals surface area contributed by atoms with Gasteiger partial charge in [-0.15, -0.1) is 12.4 Å². The van der Waals surface area contributed by atoms with Crippen molar-refractivity contribution in [2.24, 2.45) is 5.73 Å². The van der Waals surface area contributed by atoms with Crippen molar-refractivity contribution in [2.45, 2.75) is 13.0 Å². The van der Waals surface area contributed by atoms with Gasteiger partial charge in [0.05, 0.1) is 15.7 Å². The van der Waals surface area contributed by atoms with Crippen LogP contribution in [0.3, 0.4) is 0 Å². The zero-order valence-corrected chi connectivity index (χ0v) is 8.75. The molecule has 0 amide bonds. The third-order valence-corrected chi connectivity index (χ3v) is 1.78. The van der Waals surface area contributed by atoms with Gasteiger partial charge in [-0.1, -0.05) is 23.2 Å². The minimum absolute atomic E-state index is 0. The van der Waals surface area contributed by atoms with E-state index >= 15 is 0 Å². The molecule has 0 aliphatic carbocycles. The molecule has 1 rings (SSSR count). The van der Waals surface area contributed by atoms with Crippen LogP contribution in [-0.4, -0.2) is 4.98 Å². The number of aromatic nitrogens is 1. The summed E-state index contributed by atoms with van der Waals surface area (Å²) in [5, 5.41) is 1.05. The van der Waals surface area contributed by atoms with Gasteiger partial charge in [0, 0.05) is 12.2 Å². The first-order valence-corrected chi connectivity index (χ1v) is 3.93. The van der Waals surface area contributed by atoms with Gasteiger partial charge >= 0.3 is 0 Å². The summed E-state index contributed by atoms with van der Waals surface area (Å²) in [5.74, 6) is 0. The van der Waals surface area contributed by atoms with E-state index in [0.717, 1.165) is 0 Å². The van der Waals surface area contributed by atoms with Crippen molar-refractivity contribution < 1.29 is 0 Å². The maximum absolute atomic E-state index is 5.80. The lowest BCUT2D eigenvalue weighted by Crippen LogP contribution is -2.07. The molecule has 68 valence electrons. The van der Waals surface area contributed by atoms with Crippen LogP contribution >= 0.6 is 35.6 Å². The van der Waals surface area contributed by atoms with E-state index in [4.69, 9.17) is 28.9 Å². The summed E-state index contributed by atoms with van der Waals surface area (Å²) in [6, 6.07) is 1.48. The molecule has 0 unspecified atom stereocenters. The summed E-state index contributed by atoms with van der Waals surface area (Å²) >= 11 is 11.4. The van der Waals surface area contributed by atoms with E-state index in [1.54, 1.807) is 6.07 Å². The van der Waals surface area contributed by atoms with E-state index in [-0.39, 0.29) is 18.4 Å². The minimum atomic E-state index is -0.153. The fraction of sp³-hybridized carbons (Fsp3) is 0.286. The van der Waals surface area contributed by atoms with E-state index < -0.39 is 0 Å². The van der Waals surface area contributed by atoms with Crippen LogP contribution in [0.4, 0.5) is 0 Å². The van der Waals surface area contributed by atoms with E-state index in [0.29, 0.717) is 15.7 Å². The van der Waals surface area contributed by atoms with Crippen molar-refractivity contribution in [2.75, 3.05) is 0 Å². The monoisotopic (exact) mass is 226 g/mol. The maximum atomic E-state index is 5.80. The number of nitrogens with two attached hydrogens (primary N) is 1. The van der Waals surface area contributed by atoms with Gasteiger partial charge in [-0.3, -0.25) is 4.98 Å². The third kappa shape index (κ3) is 2.79. The van der Waals surface area contributed by atoms with E-state index in [2.05, 4.69) is 4.98 Å². The first-order chi connectivity index (χ1) is 5.11. The Kier molecular flexibility index (Phi) is 4.87. The fourth-order valence-corrected chi connectivity index (χ4v) is 1.31. The molecule has 0 spiro atoms. The van der Waals surface area contributed by atoms with Crippen molar-refractivity contribution in [3.05, 3.63) is 28.0 Å². The Morgan fingerprint density at radius 3 is 2.50 bits per heavy atom. The molecule has 0 aliphatic heterocycles. The summed E-state index contributed by atoms with van der Waals surface area (Å²) in [6.07, 6.45) is 1.53. The highest BCUT2D eigenvalue weighted by molar-refractivity contribution is 6.34. The minimum Gasteiger partial charge on any atom is -0.323 e. The molecule has 1 aromatic rings. The molecule has 1 atom stereocenters. The highest BCUT2D eigenvalue weighted by Gasteiger charge is 2.06. The second kappa shape index (κ2) is 4.87. The van der Waals surface area contributed by atoms with Gasteiger partial charge < -0.3 is 5.73 Å². The highest BCUT2D eigenvalue weighted by atomic mass is 35.5. The number of pyridine rings is 1. The molecule has 12 heavy (non-hydrogen) atoms. The van der Waals surface area contributed by atoms with Crippen molar-refractivity contribution in [3.8, 4) is 0 Å². The molecule has 5 heteroatoms. The standard InChI is InChI=1S/C7H8Cl2N2.ClH/c1-4(10)7-6(9)2-5(8)3-11-7;/h2-4H,10H2,1H3;1H/t4-;/m1./s1. The van der Waals surface area contributed by atoms with E-state index in [9.17, 15) is 0 Å². The molecule has 0 bridgehead atoms. The quantitative estimate of drug-likeness (QED) is 0.801. The van der Waals surface area contributed by atoms with Crippen molar-refractivity contribution >= 4 is 35.6 Å². The predicted molar refractivity (Wildman–Crippen MR) is 54.1 cm³/mol. The Balaban J connectivity index is 0.00000121. The Hall–Kier alpha value is -0.0200. The largest absolute Gasteiger partial charge is 0.323 e. The molecule has 0 saturated carbocycles. The zero-order chi connectivity index (χ0) is 8.43. The number of rotatable bonds is 1. The van der Waals surface area contributed by atoms with Gasteiger partial charge in [-0.05, 0) is 13.0 Å². The topological polar surface area (TPSA) is 38.9 Å². The molecule has 0 aliphatic rings. The van der Waals surface area contributed by atoms with Crippen molar-refractivity contribution in [3.63, 3.8) is 0 Å². The molecule has 0 aromatic carbocycles. The summed E-state index contributed by atoms with van der Waals surface area (Å²) in [6.45, 7) is 1.82.